The molecule has 3 nitrogen and oxygen atoms in total. The summed E-state index contributed by atoms with van der Waals surface area (Å²) < 4.78 is 17.7. The van der Waals surface area contributed by atoms with Gasteiger partial charge in [-0.25, -0.2) is 9.38 Å². The third-order valence-electron chi connectivity index (χ3n) is 2.02. The number of esters is 1. The van der Waals surface area contributed by atoms with Gasteiger partial charge in [-0.3, -0.25) is 4.79 Å². The maximum Gasteiger partial charge on any atom is 0.304 e. The van der Waals surface area contributed by atoms with Crippen LogP contribution in [0.25, 0.3) is 0 Å². The number of rotatable bonds is 2. The molecule has 0 amide bonds. The van der Waals surface area contributed by atoms with Crippen LogP contribution in [0.5, 0.6) is 0 Å². The zero-order valence-corrected chi connectivity index (χ0v) is 9.46. The zero-order chi connectivity index (χ0) is 11.5. The van der Waals surface area contributed by atoms with Gasteiger partial charge in [0, 0.05) is 12.5 Å². The van der Waals surface area contributed by atoms with Gasteiger partial charge in [-0.15, -0.1) is 11.8 Å². The summed E-state index contributed by atoms with van der Waals surface area (Å²) >= 11 is 1.50. The number of nitrogens with zero attached hydrogens (tertiary/aromatic N) is 1. The molecule has 0 fully saturated rings. The summed E-state index contributed by atoms with van der Waals surface area (Å²) in [6.45, 7) is 1.36. The van der Waals surface area contributed by atoms with E-state index in [0.29, 0.717) is 5.75 Å². The van der Waals surface area contributed by atoms with E-state index in [2.05, 4.69) is 4.99 Å². The number of carbonyl (C=O) groups is 1. The molecule has 0 aliphatic carbocycles. The second-order valence-electron chi connectivity index (χ2n) is 3.32. The van der Waals surface area contributed by atoms with Gasteiger partial charge in [0.1, 0.15) is 10.9 Å². The molecule has 0 saturated carbocycles. The van der Waals surface area contributed by atoms with Crippen molar-refractivity contribution in [2.75, 3.05) is 5.75 Å². The summed E-state index contributed by atoms with van der Waals surface area (Å²) in [6.07, 6.45) is -0.414. The normalized spacial score (nSPS) is 19.4. The Balaban J connectivity index is 2.11. The Hall–Kier alpha value is -1.36. The molecular formula is C11H10FNO2S. The van der Waals surface area contributed by atoms with Gasteiger partial charge in [0.25, 0.3) is 0 Å². The standard InChI is InChI=1S/C11H10FNO2S/c1-7(14)15-10-6-16-11(13-10)8-2-4-9(12)5-3-8/h2-5,10H,6H2,1H3. The van der Waals surface area contributed by atoms with Crippen LogP contribution in [0, 0.1) is 5.82 Å². The van der Waals surface area contributed by atoms with Crippen molar-refractivity contribution in [2.24, 2.45) is 4.99 Å². The lowest BCUT2D eigenvalue weighted by Crippen LogP contribution is -2.13. The molecule has 1 heterocycles. The van der Waals surface area contributed by atoms with Gasteiger partial charge in [0.05, 0.1) is 5.75 Å². The van der Waals surface area contributed by atoms with Crippen molar-refractivity contribution in [3.05, 3.63) is 35.6 Å². The van der Waals surface area contributed by atoms with Crippen molar-refractivity contribution < 1.29 is 13.9 Å². The van der Waals surface area contributed by atoms with Gasteiger partial charge in [-0.2, -0.15) is 0 Å². The van der Waals surface area contributed by atoms with Crippen LogP contribution in [-0.4, -0.2) is 23.0 Å². The van der Waals surface area contributed by atoms with Gasteiger partial charge in [0.2, 0.25) is 6.23 Å². The SMILES string of the molecule is CC(=O)OC1CSC(c2ccc(F)cc2)=N1. The van der Waals surface area contributed by atoms with Crippen LogP contribution in [0.2, 0.25) is 0 Å². The third-order valence-corrected chi connectivity index (χ3v) is 3.08. The van der Waals surface area contributed by atoms with Crippen molar-refractivity contribution in [1.82, 2.24) is 0 Å². The Kier molecular flexibility index (Phi) is 3.24. The molecule has 1 aliphatic heterocycles. The van der Waals surface area contributed by atoms with Crippen molar-refractivity contribution in [2.45, 2.75) is 13.2 Å². The molecule has 1 atom stereocenters. The van der Waals surface area contributed by atoms with E-state index in [0.717, 1.165) is 10.6 Å². The van der Waals surface area contributed by atoms with Crippen molar-refractivity contribution in [1.29, 1.82) is 0 Å². The second kappa shape index (κ2) is 4.65. The van der Waals surface area contributed by atoms with Crippen molar-refractivity contribution >= 4 is 22.8 Å². The van der Waals surface area contributed by atoms with Gasteiger partial charge in [0.15, 0.2) is 0 Å². The number of hydrogen-bond donors (Lipinski definition) is 0. The monoisotopic (exact) mass is 239 g/mol. The number of aliphatic imine (C=N–C) groups is 1. The predicted molar refractivity (Wildman–Crippen MR) is 60.9 cm³/mol. The highest BCUT2D eigenvalue weighted by Crippen LogP contribution is 2.24. The van der Waals surface area contributed by atoms with E-state index in [-0.39, 0.29) is 11.8 Å². The van der Waals surface area contributed by atoms with Crippen molar-refractivity contribution in [3.63, 3.8) is 0 Å². The first-order valence-electron chi connectivity index (χ1n) is 4.79. The second-order valence-corrected chi connectivity index (χ2v) is 4.32. The first kappa shape index (κ1) is 11.1. The molecule has 1 aliphatic rings. The van der Waals surface area contributed by atoms with Crippen LogP contribution in [0.15, 0.2) is 29.3 Å². The smallest absolute Gasteiger partial charge is 0.304 e. The third kappa shape index (κ3) is 2.61. The molecule has 5 heteroatoms. The van der Waals surface area contributed by atoms with Crippen LogP contribution in [0.4, 0.5) is 4.39 Å². The summed E-state index contributed by atoms with van der Waals surface area (Å²) in [4.78, 5) is 15.0. The molecule has 1 unspecified atom stereocenters. The number of ether oxygens (including phenoxy) is 1. The largest absolute Gasteiger partial charge is 0.439 e. The Morgan fingerprint density at radius 3 is 2.81 bits per heavy atom. The Morgan fingerprint density at radius 2 is 2.19 bits per heavy atom. The lowest BCUT2D eigenvalue weighted by atomic mass is 10.2. The van der Waals surface area contributed by atoms with Gasteiger partial charge < -0.3 is 4.74 Å². The summed E-state index contributed by atoms with van der Waals surface area (Å²) in [7, 11) is 0. The Labute approximate surface area is 96.7 Å². The number of carbonyl (C=O) groups excluding carboxylic acids is 1. The van der Waals surface area contributed by atoms with Crippen LogP contribution in [0.3, 0.4) is 0 Å². The van der Waals surface area contributed by atoms with Gasteiger partial charge >= 0.3 is 5.97 Å². The molecule has 0 spiro atoms. The molecular weight excluding hydrogens is 229 g/mol. The number of thioether (sulfide) groups is 1. The molecule has 2 rings (SSSR count). The molecule has 1 aromatic rings. The molecule has 0 N–H and O–H groups in total. The summed E-state index contributed by atoms with van der Waals surface area (Å²) in [5.74, 6) is 0.00493. The highest BCUT2D eigenvalue weighted by Gasteiger charge is 2.21. The Bertz CT molecular complexity index is 430. The van der Waals surface area contributed by atoms with E-state index in [1.807, 2.05) is 0 Å². The van der Waals surface area contributed by atoms with Gasteiger partial charge in [-0.1, -0.05) is 0 Å². The minimum Gasteiger partial charge on any atom is -0.439 e. The molecule has 1 aromatic carbocycles. The topological polar surface area (TPSA) is 38.7 Å². The molecule has 0 radical (unpaired) electrons. The zero-order valence-electron chi connectivity index (χ0n) is 8.64. The molecule has 0 bridgehead atoms. The lowest BCUT2D eigenvalue weighted by molar-refractivity contribution is -0.144. The van der Waals surface area contributed by atoms with Crippen LogP contribution in [0.1, 0.15) is 12.5 Å². The predicted octanol–water partition coefficient (Wildman–Crippen LogP) is 2.21. The number of benzene rings is 1. The van der Waals surface area contributed by atoms with E-state index in [1.54, 1.807) is 12.1 Å². The Morgan fingerprint density at radius 1 is 1.50 bits per heavy atom. The fraction of sp³-hybridized carbons (Fsp3) is 0.273. The van der Waals surface area contributed by atoms with Crippen LogP contribution >= 0.6 is 11.8 Å². The lowest BCUT2D eigenvalue weighted by Gasteiger charge is -2.04. The highest BCUT2D eigenvalue weighted by atomic mass is 32.2. The first-order chi connectivity index (χ1) is 7.65. The average molecular weight is 239 g/mol. The molecule has 0 aromatic heterocycles. The van der Waals surface area contributed by atoms with Crippen LogP contribution < -0.4 is 0 Å². The number of halogens is 1. The minimum absolute atomic E-state index is 0.274. The molecule has 84 valence electrons. The maximum atomic E-state index is 12.7. The molecule has 0 saturated heterocycles. The minimum atomic E-state index is -0.414. The highest BCUT2D eigenvalue weighted by molar-refractivity contribution is 8.14. The van der Waals surface area contributed by atoms with E-state index >= 15 is 0 Å². The van der Waals surface area contributed by atoms with Gasteiger partial charge in [-0.05, 0) is 24.3 Å². The number of hydrogen-bond acceptors (Lipinski definition) is 4. The molecule has 16 heavy (non-hydrogen) atoms. The van der Waals surface area contributed by atoms with E-state index in [1.165, 1.54) is 30.8 Å². The maximum absolute atomic E-state index is 12.7. The van der Waals surface area contributed by atoms with E-state index < -0.39 is 6.23 Å². The quantitative estimate of drug-likeness (QED) is 0.743. The first-order valence-corrected chi connectivity index (χ1v) is 5.77. The average Bonchev–Trinajstić information content (AvgIpc) is 2.66. The summed E-state index contributed by atoms with van der Waals surface area (Å²) in [5, 5.41) is 0.784. The van der Waals surface area contributed by atoms with E-state index in [4.69, 9.17) is 4.74 Å². The van der Waals surface area contributed by atoms with Crippen LogP contribution in [-0.2, 0) is 9.53 Å². The van der Waals surface area contributed by atoms with E-state index in [9.17, 15) is 9.18 Å². The van der Waals surface area contributed by atoms with Crippen molar-refractivity contribution in [3.8, 4) is 0 Å². The fourth-order valence-corrected chi connectivity index (χ4v) is 2.30. The summed E-state index contributed by atoms with van der Waals surface area (Å²) in [6, 6.07) is 6.10. The fourth-order valence-electron chi connectivity index (χ4n) is 1.36. The summed E-state index contributed by atoms with van der Waals surface area (Å²) in [5.41, 5.74) is 0.848.